The number of thiophene rings is 1. The third-order valence-electron chi connectivity index (χ3n) is 6.53. The normalized spacial score (nSPS) is 20.2. The molecule has 11 nitrogen and oxygen atoms in total. The summed E-state index contributed by atoms with van der Waals surface area (Å²) in [5.41, 5.74) is 1.51. The Balaban J connectivity index is 1.24. The van der Waals surface area contributed by atoms with Crippen LogP contribution in [0.2, 0.25) is 0 Å². The minimum absolute atomic E-state index is 0.0326. The Labute approximate surface area is 243 Å². The summed E-state index contributed by atoms with van der Waals surface area (Å²) in [5, 5.41) is 27.9. The molecule has 1 unspecified atom stereocenters. The second-order valence-corrected chi connectivity index (χ2v) is 12.4. The van der Waals surface area contributed by atoms with Gasteiger partial charge in [0.15, 0.2) is 0 Å². The number of rotatable bonds is 12. The fourth-order valence-corrected chi connectivity index (χ4v) is 7.72. The Kier molecular flexibility index (Phi) is 8.66. The summed E-state index contributed by atoms with van der Waals surface area (Å²) in [6.07, 6.45) is 1.16. The van der Waals surface area contributed by atoms with Crippen LogP contribution in [0.25, 0.3) is 0 Å². The van der Waals surface area contributed by atoms with Gasteiger partial charge in [0, 0.05) is 34.9 Å². The van der Waals surface area contributed by atoms with Gasteiger partial charge in [-0.05, 0) is 47.5 Å². The number of hydrogen-bond acceptors (Lipinski definition) is 10. The SMILES string of the molecule is O=C(O)CCCC1=NN(SCC2=C(C(=O)O)N3C(=O)C(NC(=O)Cc4cccs4)[C@H]3SC2)CN1c1ccccc1. The van der Waals surface area contributed by atoms with Gasteiger partial charge in [-0.25, -0.2) is 9.21 Å². The molecule has 3 aliphatic heterocycles. The van der Waals surface area contributed by atoms with Gasteiger partial charge in [0.25, 0.3) is 5.91 Å². The maximum absolute atomic E-state index is 13.0. The van der Waals surface area contributed by atoms with Crippen LogP contribution in [0.15, 0.2) is 64.2 Å². The minimum atomic E-state index is -1.18. The molecular weight excluding hydrogens is 575 g/mol. The Bertz CT molecular complexity index is 1350. The summed E-state index contributed by atoms with van der Waals surface area (Å²) in [5.74, 6) is -1.26. The smallest absolute Gasteiger partial charge is 0.352 e. The molecule has 2 aromatic rings. The van der Waals surface area contributed by atoms with Crippen molar-refractivity contribution in [1.82, 2.24) is 14.6 Å². The molecule has 40 heavy (non-hydrogen) atoms. The molecule has 0 saturated carbocycles. The van der Waals surface area contributed by atoms with Crippen LogP contribution >= 0.6 is 35.0 Å². The number of β-lactam (4-membered cyclic amide) rings is 1. The van der Waals surface area contributed by atoms with Crippen molar-refractivity contribution in [2.75, 3.05) is 23.1 Å². The topological polar surface area (TPSA) is 143 Å². The highest BCUT2D eigenvalue weighted by atomic mass is 32.2. The predicted octanol–water partition coefficient (Wildman–Crippen LogP) is 3.03. The summed E-state index contributed by atoms with van der Waals surface area (Å²) in [6, 6.07) is 12.6. The number of anilines is 1. The molecule has 1 saturated heterocycles. The molecule has 0 aliphatic carbocycles. The Morgan fingerprint density at radius 3 is 2.62 bits per heavy atom. The third kappa shape index (κ3) is 6.13. The molecule has 3 aliphatic rings. The standard InChI is InChI=1S/C26H27N5O6S3/c32-20(12-18-8-5-11-38-18)27-22-24(35)31-23(26(36)37)16(13-39-25(22)31)14-40-30-15-29(17-6-2-1-3-7-17)19(28-30)9-4-10-21(33)34/h1-3,5-8,11,22,25H,4,9-10,12-15H2,(H,27,32)(H,33,34)(H,36,37)/t22?,25-/m1/s1. The number of carbonyl (C=O) groups is 4. The average molecular weight is 602 g/mol. The first-order valence-electron chi connectivity index (χ1n) is 12.6. The van der Waals surface area contributed by atoms with Gasteiger partial charge in [-0.3, -0.25) is 19.3 Å². The van der Waals surface area contributed by atoms with Crippen LogP contribution in [-0.2, 0) is 25.6 Å². The van der Waals surface area contributed by atoms with Gasteiger partial charge >= 0.3 is 11.9 Å². The van der Waals surface area contributed by atoms with E-state index in [1.807, 2.05) is 52.7 Å². The van der Waals surface area contributed by atoms with Gasteiger partial charge in [0.05, 0.1) is 6.42 Å². The van der Waals surface area contributed by atoms with E-state index in [1.54, 1.807) is 4.41 Å². The lowest BCUT2D eigenvalue weighted by Crippen LogP contribution is -2.70. The lowest BCUT2D eigenvalue weighted by molar-refractivity contribution is -0.150. The maximum atomic E-state index is 13.0. The molecule has 0 bridgehead atoms. The zero-order valence-electron chi connectivity index (χ0n) is 21.3. The minimum Gasteiger partial charge on any atom is -0.481 e. The number of amides is 2. The number of carbonyl (C=O) groups excluding carboxylic acids is 2. The molecule has 1 fully saturated rings. The first kappa shape index (κ1) is 28.1. The van der Waals surface area contributed by atoms with Crippen molar-refractivity contribution in [2.24, 2.45) is 5.10 Å². The molecule has 14 heteroatoms. The fraction of sp³-hybridized carbons (Fsp3) is 0.346. The third-order valence-corrected chi connectivity index (χ3v) is 9.72. The molecule has 1 aromatic heterocycles. The van der Waals surface area contributed by atoms with E-state index >= 15 is 0 Å². The average Bonchev–Trinajstić information content (AvgIpc) is 3.60. The number of hydrogen-bond donors (Lipinski definition) is 3. The lowest BCUT2D eigenvalue weighted by Gasteiger charge is -2.49. The highest BCUT2D eigenvalue weighted by molar-refractivity contribution is 8.00. The Hall–Kier alpha value is -3.49. The van der Waals surface area contributed by atoms with Crippen LogP contribution in [0.1, 0.15) is 24.1 Å². The fourth-order valence-electron chi connectivity index (χ4n) is 4.65. The molecule has 0 spiro atoms. The van der Waals surface area contributed by atoms with E-state index in [-0.39, 0.29) is 24.4 Å². The number of hydrazone groups is 1. The van der Waals surface area contributed by atoms with Crippen LogP contribution in [0.3, 0.4) is 0 Å². The van der Waals surface area contributed by atoms with Gasteiger partial charge in [-0.15, -0.1) is 23.1 Å². The number of amidine groups is 1. The summed E-state index contributed by atoms with van der Waals surface area (Å²) in [4.78, 5) is 52.8. The first-order valence-corrected chi connectivity index (χ1v) is 15.4. The van der Waals surface area contributed by atoms with E-state index in [1.165, 1.54) is 39.9 Å². The molecular formula is C26H27N5O6S3. The number of benzene rings is 1. The Morgan fingerprint density at radius 2 is 1.93 bits per heavy atom. The van der Waals surface area contributed by atoms with Gasteiger partial charge in [0.2, 0.25) is 5.91 Å². The van der Waals surface area contributed by atoms with E-state index in [0.717, 1.165) is 16.4 Å². The highest BCUT2D eigenvalue weighted by Gasteiger charge is 2.54. The van der Waals surface area contributed by atoms with Crippen LogP contribution in [0.5, 0.6) is 0 Å². The molecule has 2 atom stereocenters. The van der Waals surface area contributed by atoms with Crippen molar-refractivity contribution in [1.29, 1.82) is 0 Å². The summed E-state index contributed by atoms with van der Waals surface area (Å²) >= 11 is 4.24. The second kappa shape index (κ2) is 12.4. The van der Waals surface area contributed by atoms with Gasteiger partial charge < -0.3 is 20.4 Å². The summed E-state index contributed by atoms with van der Waals surface area (Å²) < 4.78 is 1.76. The number of nitrogens with zero attached hydrogens (tertiary/aromatic N) is 4. The highest BCUT2D eigenvalue weighted by Crippen LogP contribution is 2.41. The molecule has 210 valence electrons. The van der Waals surface area contributed by atoms with Gasteiger partial charge in [-0.2, -0.15) is 5.10 Å². The number of thioether (sulfide) groups is 1. The number of carboxylic acids is 2. The zero-order chi connectivity index (χ0) is 28.2. The van der Waals surface area contributed by atoms with Crippen molar-refractivity contribution in [3.8, 4) is 0 Å². The van der Waals surface area contributed by atoms with Crippen molar-refractivity contribution in [2.45, 2.75) is 37.1 Å². The van der Waals surface area contributed by atoms with Crippen LogP contribution in [-0.4, -0.2) is 78.7 Å². The van der Waals surface area contributed by atoms with E-state index < -0.39 is 29.3 Å². The maximum Gasteiger partial charge on any atom is 0.352 e. The molecule has 1 aromatic carbocycles. The van der Waals surface area contributed by atoms with Crippen LogP contribution in [0, 0.1) is 0 Å². The lowest BCUT2D eigenvalue weighted by atomic mass is 10.0. The quantitative estimate of drug-likeness (QED) is 0.245. The number of fused-ring (bicyclic) bond motifs is 1. The van der Waals surface area contributed by atoms with Crippen molar-refractivity contribution in [3.63, 3.8) is 0 Å². The van der Waals surface area contributed by atoms with Gasteiger partial charge in [-0.1, -0.05) is 24.3 Å². The van der Waals surface area contributed by atoms with E-state index in [2.05, 4.69) is 10.4 Å². The van der Waals surface area contributed by atoms with E-state index in [4.69, 9.17) is 5.11 Å². The molecule has 4 heterocycles. The van der Waals surface area contributed by atoms with Crippen molar-refractivity contribution >= 4 is 70.3 Å². The first-order chi connectivity index (χ1) is 19.3. The molecule has 0 radical (unpaired) electrons. The van der Waals surface area contributed by atoms with Crippen molar-refractivity contribution in [3.05, 3.63) is 64.0 Å². The summed E-state index contributed by atoms with van der Waals surface area (Å²) in [6.45, 7) is 0.420. The zero-order valence-corrected chi connectivity index (χ0v) is 23.7. The number of para-hydroxylation sites is 1. The molecule has 2 amide bonds. The molecule has 3 N–H and O–H groups in total. The Morgan fingerprint density at radius 1 is 1.12 bits per heavy atom. The molecule has 5 rings (SSSR count). The predicted molar refractivity (Wildman–Crippen MR) is 155 cm³/mol. The largest absolute Gasteiger partial charge is 0.481 e. The van der Waals surface area contributed by atoms with E-state index in [9.17, 15) is 24.3 Å². The number of aliphatic carboxylic acids is 2. The van der Waals surface area contributed by atoms with Gasteiger partial charge in [0.1, 0.15) is 29.6 Å². The monoisotopic (exact) mass is 601 g/mol. The number of carboxylic acid groups (broad SMARTS) is 2. The van der Waals surface area contributed by atoms with Crippen molar-refractivity contribution < 1.29 is 29.4 Å². The van der Waals surface area contributed by atoms with Crippen LogP contribution < -0.4 is 10.2 Å². The van der Waals surface area contributed by atoms with E-state index in [0.29, 0.717) is 36.6 Å². The summed E-state index contributed by atoms with van der Waals surface area (Å²) in [7, 11) is 0. The number of nitrogens with one attached hydrogen (secondary N) is 1. The second-order valence-electron chi connectivity index (χ2n) is 9.26. The van der Waals surface area contributed by atoms with Crippen LogP contribution in [0.4, 0.5) is 5.69 Å².